The summed E-state index contributed by atoms with van der Waals surface area (Å²) >= 11 is 1.48. The van der Waals surface area contributed by atoms with Gasteiger partial charge in [0.1, 0.15) is 0 Å². The molecule has 5 heteroatoms. The molecule has 0 aromatic carbocycles. The smallest absolute Gasteiger partial charge is 0.230 e. The molecule has 0 aliphatic rings. The van der Waals surface area contributed by atoms with Crippen LogP contribution in [0, 0.1) is 0 Å². The van der Waals surface area contributed by atoms with Crippen molar-refractivity contribution in [3.8, 4) is 0 Å². The lowest BCUT2D eigenvalue weighted by Crippen LogP contribution is -2.31. The summed E-state index contributed by atoms with van der Waals surface area (Å²) < 4.78 is 0. The zero-order valence-electron chi connectivity index (χ0n) is 11.1. The number of hydrogen-bond donors (Lipinski definition) is 2. The molecule has 1 rings (SSSR count). The Bertz CT molecular complexity index is 378. The number of thioether (sulfide) groups is 1. The van der Waals surface area contributed by atoms with E-state index in [0.717, 1.165) is 17.0 Å². The van der Waals surface area contributed by atoms with E-state index in [1.807, 2.05) is 32.9 Å². The highest BCUT2D eigenvalue weighted by Crippen LogP contribution is 2.19. The van der Waals surface area contributed by atoms with Gasteiger partial charge >= 0.3 is 0 Å². The number of carbonyl (C=O) groups excluding carboxylic acids is 1. The van der Waals surface area contributed by atoms with Crippen LogP contribution < -0.4 is 11.1 Å². The number of nitrogens with one attached hydrogen (secondary N) is 1. The molecule has 100 valence electrons. The molecule has 0 saturated heterocycles. The third kappa shape index (κ3) is 5.06. The van der Waals surface area contributed by atoms with Gasteiger partial charge in [-0.1, -0.05) is 6.92 Å². The minimum atomic E-state index is -0.00621. The van der Waals surface area contributed by atoms with Crippen LogP contribution in [-0.4, -0.2) is 22.7 Å². The Morgan fingerprint density at radius 1 is 1.50 bits per heavy atom. The number of pyridine rings is 1. The number of nitrogens with zero attached hydrogens (tertiary/aromatic N) is 1. The highest BCUT2D eigenvalue weighted by molar-refractivity contribution is 8.00. The second-order valence-electron chi connectivity index (χ2n) is 4.44. The van der Waals surface area contributed by atoms with Crippen molar-refractivity contribution in [2.45, 2.75) is 44.2 Å². The Hall–Kier alpha value is -1.07. The topological polar surface area (TPSA) is 68.0 Å². The van der Waals surface area contributed by atoms with Gasteiger partial charge in [0.25, 0.3) is 0 Å². The maximum absolute atomic E-state index is 11.5. The summed E-state index contributed by atoms with van der Waals surface area (Å²) in [6.07, 6.45) is 2.65. The van der Waals surface area contributed by atoms with E-state index in [1.165, 1.54) is 11.8 Å². The molecule has 0 spiro atoms. The van der Waals surface area contributed by atoms with Gasteiger partial charge in [0.05, 0.1) is 11.4 Å². The molecule has 0 aliphatic carbocycles. The zero-order chi connectivity index (χ0) is 13.5. The first-order valence-electron chi connectivity index (χ1n) is 6.16. The molecule has 1 aromatic rings. The number of aromatic nitrogens is 1. The highest BCUT2D eigenvalue weighted by Gasteiger charge is 2.07. The van der Waals surface area contributed by atoms with Crippen LogP contribution in [0.25, 0.3) is 0 Å². The monoisotopic (exact) mass is 267 g/mol. The molecule has 0 unspecified atom stereocenters. The first kappa shape index (κ1) is 15.0. The standard InChI is InChI=1S/C13H21N3OS/c1-4-11(14)12-6-5-10(7-15-12)18-8-13(17)16-9(2)3/h5-7,9,11H,4,8,14H2,1-3H3,(H,16,17)/t11-/m1/s1. The van der Waals surface area contributed by atoms with Crippen LogP contribution in [0.3, 0.4) is 0 Å². The van der Waals surface area contributed by atoms with Crippen molar-refractivity contribution in [2.75, 3.05) is 5.75 Å². The summed E-state index contributed by atoms with van der Waals surface area (Å²) in [5, 5.41) is 2.85. The van der Waals surface area contributed by atoms with Crippen LogP contribution >= 0.6 is 11.8 Å². The second kappa shape index (κ2) is 7.38. The fourth-order valence-electron chi connectivity index (χ4n) is 1.42. The summed E-state index contributed by atoms with van der Waals surface area (Å²) in [6, 6.07) is 4.07. The van der Waals surface area contributed by atoms with Crippen molar-refractivity contribution in [3.63, 3.8) is 0 Å². The fourth-order valence-corrected chi connectivity index (χ4v) is 2.09. The molecule has 4 nitrogen and oxygen atoms in total. The number of nitrogens with two attached hydrogens (primary N) is 1. The van der Waals surface area contributed by atoms with Gasteiger partial charge in [-0.15, -0.1) is 11.8 Å². The van der Waals surface area contributed by atoms with E-state index in [9.17, 15) is 4.79 Å². The van der Waals surface area contributed by atoms with E-state index in [0.29, 0.717) is 5.75 Å². The Kier molecular flexibility index (Phi) is 6.15. The fraction of sp³-hybridized carbons (Fsp3) is 0.538. The normalized spacial score (nSPS) is 12.5. The lowest BCUT2D eigenvalue weighted by molar-refractivity contribution is -0.119. The van der Waals surface area contributed by atoms with Crippen molar-refractivity contribution in [3.05, 3.63) is 24.0 Å². The first-order chi connectivity index (χ1) is 8.52. The number of hydrogen-bond acceptors (Lipinski definition) is 4. The van der Waals surface area contributed by atoms with Crippen LogP contribution in [0.5, 0.6) is 0 Å². The minimum Gasteiger partial charge on any atom is -0.353 e. The maximum atomic E-state index is 11.5. The van der Waals surface area contributed by atoms with Crippen LogP contribution in [0.15, 0.2) is 23.2 Å². The summed E-state index contributed by atoms with van der Waals surface area (Å²) in [4.78, 5) is 16.8. The summed E-state index contributed by atoms with van der Waals surface area (Å²) in [5.74, 6) is 0.461. The average Bonchev–Trinajstić information content (AvgIpc) is 2.35. The third-order valence-electron chi connectivity index (χ3n) is 2.40. The average molecular weight is 267 g/mol. The van der Waals surface area contributed by atoms with E-state index in [-0.39, 0.29) is 18.0 Å². The molecule has 0 aliphatic heterocycles. The first-order valence-corrected chi connectivity index (χ1v) is 7.15. The van der Waals surface area contributed by atoms with Crippen LogP contribution in [0.4, 0.5) is 0 Å². The molecule has 0 bridgehead atoms. The van der Waals surface area contributed by atoms with Crippen molar-refractivity contribution in [1.82, 2.24) is 10.3 Å². The highest BCUT2D eigenvalue weighted by atomic mass is 32.2. The quantitative estimate of drug-likeness (QED) is 0.775. The summed E-state index contributed by atoms with van der Waals surface area (Å²) in [7, 11) is 0. The molecule has 0 fully saturated rings. The Labute approximate surface area is 113 Å². The van der Waals surface area contributed by atoms with Crippen molar-refractivity contribution in [1.29, 1.82) is 0 Å². The van der Waals surface area contributed by atoms with E-state index in [1.54, 1.807) is 6.20 Å². The zero-order valence-corrected chi connectivity index (χ0v) is 12.0. The van der Waals surface area contributed by atoms with Gasteiger partial charge in [0.2, 0.25) is 5.91 Å². The van der Waals surface area contributed by atoms with Crippen molar-refractivity contribution < 1.29 is 4.79 Å². The number of amides is 1. The van der Waals surface area contributed by atoms with Gasteiger partial charge in [-0.25, -0.2) is 0 Å². The molecule has 3 N–H and O–H groups in total. The largest absolute Gasteiger partial charge is 0.353 e. The predicted molar refractivity (Wildman–Crippen MR) is 75.5 cm³/mol. The lowest BCUT2D eigenvalue weighted by Gasteiger charge is -2.09. The van der Waals surface area contributed by atoms with Crippen molar-refractivity contribution >= 4 is 17.7 Å². The number of carbonyl (C=O) groups is 1. The van der Waals surface area contributed by atoms with E-state index >= 15 is 0 Å². The van der Waals surface area contributed by atoms with Gasteiger partial charge in [-0.2, -0.15) is 0 Å². The summed E-state index contributed by atoms with van der Waals surface area (Å²) in [6.45, 7) is 5.93. The Morgan fingerprint density at radius 2 is 2.22 bits per heavy atom. The van der Waals surface area contributed by atoms with Gasteiger partial charge < -0.3 is 11.1 Å². The number of rotatable bonds is 6. The molecule has 0 saturated carbocycles. The summed E-state index contributed by atoms with van der Waals surface area (Å²) in [5.41, 5.74) is 6.78. The van der Waals surface area contributed by atoms with Crippen molar-refractivity contribution in [2.24, 2.45) is 5.73 Å². The molecule has 18 heavy (non-hydrogen) atoms. The maximum Gasteiger partial charge on any atom is 0.230 e. The SMILES string of the molecule is CC[C@@H](N)c1ccc(SCC(=O)NC(C)C)cn1. The van der Waals surface area contributed by atoms with E-state index in [4.69, 9.17) is 5.73 Å². The molecule has 1 atom stereocenters. The van der Waals surface area contributed by atoms with Gasteiger partial charge in [0.15, 0.2) is 0 Å². The predicted octanol–water partition coefficient (Wildman–Crippen LogP) is 2.11. The Balaban J connectivity index is 2.46. The molecular formula is C13H21N3OS. The molecule has 1 aromatic heterocycles. The van der Waals surface area contributed by atoms with Crippen LogP contribution in [-0.2, 0) is 4.79 Å². The van der Waals surface area contributed by atoms with E-state index < -0.39 is 0 Å². The molecule has 1 heterocycles. The molecular weight excluding hydrogens is 246 g/mol. The third-order valence-corrected chi connectivity index (χ3v) is 3.38. The second-order valence-corrected chi connectivity index (χ2v) is 5.49. The van der Waals surface area contributed by atoms with Crippen LogP contribution in [0.2, 0.25) is 0 Å². The van der Waals surface area contributed by atoms with Gasteiger partial charge in [-0.3, -0.25) is 9.78 Å². The van der Waals surface area contributed by atoms with Gasteiger partial charge in [0, 0.05) is 23.2 Å². The van der Waals surface area contributed by atoms with Gasteiger partial charge in [-0.05, 0) is 32.4 Å². The van der Waals surface area contributed by atoms with E-state index in [2.05, 4.69) is 10.3 Å². The molecule has 0 radical (unpaired) electrons. The molecule has 1 amide bonds. The minimum absolute atomic E-state index is 0.00621. The Morgan fingerprint density at radius 3 is 2.72 bits per heavy atom. The lowest BCUT2D eigenvalue weighted by atomic mass is 10.1. The van der Waals surface area contributed by atoms with Crippen LogP contribution in [0.1, 0.15) is 38.9 Å².